The third-order valence-electron chi connectivity index (χ3n) is 11.0. The van der Waals surface area contributed by atoms with E-state index >= 15 is 0 Å². The summed E-state index contributed by atoms with van der Waals surface area (Å²) in [6.07, 6.45) is 9.59. The zero-order valence-electron chi connectivity index (χ0n) is 20.4. The van der Waals surface area contributed by atoms with Gasteiger partial charge in [-0.3, -0.25) is 4.79 Å². The average molecular weight is 417 g/mol. The Bertz CT molecular complexity index is 751. The van der Waals surface area contributed by atoms with Crippen molar-refractivity contribution in [2.75, 3.05) is 6.61 Å². The second-order valence-corrected chi connectivity index (χ2v) is 12.5. The molecule has 0 saturated heterocycles. The number of hydrogen-bond donors (Lipinski definition) is 1. The third-order valence-corrected chi connectivity index (χ3v) is 11.0. The zero-order valence-corrected chi connectivity index (χ0v) is 20.4. The Balaban J connectivity index is 1.72. The lowest BCUT2D eigenvalue weighted by atomic mass is 9.43. The minimum absolute atomic E-state index is 0.0163. The summed E-state index contributed by atoms with van der Waals surface area (Å²) < 4.78 is 5.82. The highest BCUT2D eigenvalue weighted by Crippen LogP contribution is 2.72. The average Bonchev–Trinajstić information content (AvgIpc) is 2.95. The van der Waals surface area contributed by atoms with Crippen molar-refractivity contribution in [3.05, 3.63) is 11.1 Å². The van der Waals surface area contributed by atoms with E-state index in [9.17, 15) is 9.90 Å². The SMILES string of the molecule is CC(=O)OC1CC[C@]2(C)C3=C(CCC2C1(C)C)[C@]1(C)CC[C@H](C(C)CO)[C@@]1(C)CC3. The molecule has 3 nitrogen and oxygen atoms in total. The molecule has 0 aliphatic heterocycles. The first-order valence-electron chi connectivity index (χ1n) is 12.4. The van der Waals surface area contributed by atoms with Crippen molar-refractivity contribution in [1.29, 1.82) is 0 Å². The molecule has 0 amide bonds. The van der Waals surface area contributed by atoms with E-state index in [4.69, 9.17) is 4.74 Å². The summed E-state index contributed by atoms with van der Waals surface area (Å²) >= 11 is 0. The molecular weight excluding hydrogens is 372 g/mol. The molecule has 0 aromatic carbocycles. The van der Waals surface area contributed by atoms with Crippen LogP contribution in [0.2, 0.25) is 0 Å². The normalized spacial score (nSPS) is 45.9. The molecule has 0 heterocycles. The van der Waals surface area contributed by atoms with Crippen LogP contribution in [0.3, 0.4) is 0 Å². The molecule has 3 heteroatoms. The minimum atomic E-state index is -0.136. The van der Waals surface area contributed by atoms with Gasteiger partial charge in [-0.25, -0.2) is 0 Å². The molecule has 4 rings (SSSR count). The number of carbonyl (C=O) groups excluding carboxylic acids is 1. The smallest absolute Gasteiger partial charge is 0.302 e. The molecule has 0 bridgehead atoms. The summed E-state index contributed by atoms with van der Waals surface area (Å²) in [7, 11) is 0. The van der Waals surface area contributed by atoms with Crippen molar-refractivity contribution in [2.45, 2.75) is 106 Å². The van der Waals surface area contributed by atoms with E-state index in [0.29, 0.717) is 29.8 Å². The van der Waals surface area contributed by atoms with Gasteiger partial charge in [0.15, 0.2) is 0 Å². The molecule has 170 valence electrons. The van der Waals surface area contributed by atoms with Gasteiger partial charge < -0.3 is 9.84 Å². The first kappa shape index (κ1) is 22.4. The Kier molecular flexibility index (Phi) is 5.28. The summed E-state index contributed by atoms with van der Waals surface area (Å²) in [6.45, 7) is 16.4. The van der Waals surface area contributed by atoms with Crippen molar-refractivity contribution in [3.63, 3.8) is 0 Å². The Morgan fingerprint density at radius 2 is 1.73 bits per heavy atom. The molecule has 4 aliphatic rings. The highest BCUT2D eigenvalue weighted by Gasteiger charge is 2.63. The van der Waals surface area contributed by atoms with Gasteiger partial charge in [0.25, 0.3) is 0 Å². The Morgan fingerprint density at radius 3 is 2.37 bits per heavy atom. The van der Waals surface area contributed by atoms with Gasteiger partial charge in [-0.1, -0.05) is 52.7 Å². The van der Waals surface area contributed by atoms with Gasteiger partial charge in [0.1, 0.15) is 6.10 Å². The summed E-state index contributed by atoms with van der Waals surface area (Å²) in [5, 5.41) is 9.91. The quantitative estimate of drug-likeness (QED) is 0.434. The number of aliphatic hydroxyl groups is 1. The van der Waals surface area contributed by atoms with Crippen molar-refractivity contribution in [2.24, 2.45) is 39.4 Å². The van der Waals surface area contributed by atoms with Crippen LogP contribution in [0.25, 0.3) is 0 Å². The monoisotopic (exact) mass is 416 g/mol. The predicted molar refractivity (Wildman–Crippen MR) is 121 cm³/mol. The lowest BCUT2D eigenvalue weighted by molar-refractivity contribution is -0.167. The van der Waals surface area contributed by atoms with Crippen LogP contribution in [0.15, 0.2) is 11.1 Å². The predicted octanol–water partition coefficient (Wildman–Crippen LogP) is 6.30. The minimum Gasteiger partial charge on any atom is -0.462 e. The first-order valence-corrected chi connectivity index (χ1v) is 12.4. The van der Waals surface area contributed by atoms with E-state index in [1.807, 2.05) is 0 Å². The lowest BCUT2D eigenvalue weighted by Crippen LogP contribution is -2.55. The molecule has 1 N–H and O–H groups in total. The maximum Gasteiger partial charge on any atom is 0.302 e. The van der Waals surface area contributed by atoms with Gasteiger partial charge in [-0.05, 0) is 85.4 Å². The maximum atomic E-state index is 11.7. The van der Waals surface area contributed by atoms with Crippen LogP contribution in [0.5, 0.6) is 0 Å². The Morgan fingerprint density at radius 1 is 1.03 bits per heavy atom. The van der Waals surface area contributed by atoms with Crippen LogP contribution >= 0.6 is 0 Å². The van der Waals surface area contributed by atoms with Gasteiger partial charge in [0.05, 0.1) is 0 Å². The summed E-state index contributed by atoms with van der Waals surface area (Å²) in [6, 6.07) is 0. The molecule has 2 saturated carbocycles. The van der Waals surface area contributed by atoms with E-state index in [0.717, 1.165) is 12.8 Å². The van der Waals surface area contributed by atoms with Crippen molar-refractivity contribution < 1.29 is 14.6 Å². The van der Waals surface area contributed by atoms with E-state index in [2.05, 4.69) is 41.5 Å². The van der Waals surface area contributed by atoms with Crippen LogP contribution in [-0.2, 0) is 9.53 Å². The number of aliphatic hydroxyl groups excluding tert-OH is 1. The number of hydrogen-bond acceptors (Lipinski definition) is 3. The van der Waals surface area contributed by atoms with Gasteiger partial charge >= 0.3 is 5.97 Å². The van der Waals surface area contributed by atoms with Gasteiger partial charge in [0.2, 0.25) is 0 Å². The fourth-order valence-corrected chi connectivity index (χ4v) is 9.15. The molecule has 2 fully saturated rings. The zero-order chi connectivity index (χ0) is 22.1. The molecule has 0 spiro atoms. The molecule has 30 heavy (non-hydrogen) atoms. The van der Waals surface area contributed by atoms with E-state index in [1.54, 1.807) is 18.1 Å². The summed E-state index contributed by atoms with van der Waals surface area (Å²) in [5.41, 5.74) is 4.39. The third kappa shape index (κ3) is 2.82. The maximum absolute atomic E-state index is 11.7. The highest BCUT2D eigenvalue weighted by molar-refractivity contribution is 5.66. The number of carbonyl (C=O) groups is 1. The van der Waals surface area contributed by atoms with E-state index in [-0.39, 0.29) is 28.3 Å². The molecular formula is C27H44O3. The van der Waals surface area contributed by atoms with Crippen LogP contribution < -0.4 is 0 Å². The lowest BCUT2D eigenvalue weighted by Gasteiger charge is -2.62. The molecule has 3 unspecified atom stereocenters. The van der Waals surface area contributed by atoms with Crippen molar-refractivity contribution in [3.8, 4) is 0 Å². The number of esters is 1. The molecule has 0 aromatic rings. The number of fused-ring (bicyclic) bond motifs is 4. The van der Waals surface area contributed by atoms with Crippen LogP contribution in [0, 0.1) is 39.4 Å². The molecule has 7 atom stereocenters. The van der Waals surface area contributed by atoms with Crippen molar-refractivity contribution in [1.82, 2.24) is 0 Å². The van der Waals surface area contributed by atoms with Gasteiger partial charge in [0, 0.05) is 18.9 Å². The Hall–Kier alpha value is -0.830. The van der Waals surface area contributed by atoms with E-state index < -0.39 is 0 Å². The van der Waals surface area contributed by atoms with Crippen molar-refractivity contribution >= 4 is 5.97 Å². The fourth-order valence-electron chi connectivity index (χ4n) is 9.15. The van der Waals surface area contributed by atoms with E-state index in [1.165, 1.54) is 38.5 Å². The second kappa shape index (κ2) is 7.09. The molecule has 0 radical (unpaired) electrons. The topological polar surface area (TPSA) is 46.5 Å². The largest absolute Gasteiger partial charge is 0.462 e. The molecule has 4 aliphatic carbocycles. The highest BCUT2D eigenvalue weighted by atomic mass is 16.5. The summed E-state index contributed by atoms with van der Waals surface area (Å²) in [5.74, 6) is 1.46. The number of rotatable bonds is 3. The van der Waals surface area contributed by atoms with Crippen LogP contribution in [0.4, 0.5) is 0 Å². The fraction of sp³-hybridized carbons (Fsp3) is 0.889. The number of ether oxygens (including phenoxy) is 1. The Labute approximate surface area is 184 Å². The van der Waals surface area contributed by atoms with Gasteiger partial charge in [-0.15, -0.1) is 0 Å². The second-order valence-electron chi connectivity index (χ2n) is 12.5. The van der Waals surface area contributed by atoms with Crippen LogP contribution in [-0.4, -0.2) is 23.8 Å². The molecule has 0 aromatic heterocycles. The number of allylic oxidation sites excluding steroid dienone is 2. The standard InChI is InChI=1S/C27H44O3/c1-17(16-28)19-10-14-27(7)21-8-9-22-24(3,4)23(30-18(2)29)12-13-25(22,5)20(21)11-15-26(19,27)6/h17,19,22-23,28H,8-16H2,1-7H3/t17?,19-,22?,23?,25-,26-,27+/m1/s1. The van der Waals surface area contributed by atoms with Crippen LogP contribution in [0.1, 0.15) is 99.8 Å². The first-order chi connectivity index (χ1) is 13.9. The van der Waals surface area contributed by atoms with Gasteiger partial charge in [-0.2, -0.15) is 0 Å². The summed E-state index contributed by atoms with van der Waals surface area (Å²) in [4.78, 5) is 11.7.